The van der Waals surface area contributed by atoms with Crippen LogP contribution in [0.25, 0.3) is 0 Å². The van der Waals surface area contributed by atoms with E-state index in [-0.39, 0.29) is 5.97 Å². The van der Waals surface area contributed by atoms with Crippen LogP contribution < -0.4 is 5.32 Å². The lowest BCUT2D eigenvalue weighted by Crippen LogP contribution is -2.55. The van der Waals surface area contributed by atoms with E-state index in [9.17, 15) is 4.79 Å². The standard InChI is InChI=1S/C15H28N2O2/c1-12(2)17-10-5-4-7-13(17)11-15(14(18)19-3)8-6-9-16-15/h12-13,16H,4-11H2,1-3H3. The third-order valence-corrected chi connectivity index (χ3v) is 4.74. The summed E-state index contributed by atoms with van der Waals surface area (Å²) in [6, 6.07) is 1.07. The molecule has 2 rings (SSSR count). The highest BCUT2D eigenvalue weighted by molar-refractivity contribution is 5.81. The number of nitrogens with one attached hydrogen (secondary N) is 1. The molecule has 110 valence electrons. The van der Waals surface area contributed by atoms with E-state index >= 15 is 0 Å². The lowest BCUT2D eigenvalue weighted by Gasteiger charge is -2.42. The second kappa shape index (κ2) is 6.23. The molecule has 19 heavy (non-hydrogen) atoms. The largest absolute Gasteiger partial charge is 0.468 e. The second-order valence-corrected chi connectivity index (χ2v) is 6.29. The molecule has 4 nitrogen and oxygen atoms in total. The first-order chi connectivity index (χ1) is 9.09. The van der Waals surface area contributed by atoms with Crippen LogP contribution in [0.15, 0.2) is 0 Å². The number of esters is 1. The van der Waals surface area contributed by atoms with Crippen molar-refractivity contribution in [1.82, 2.24) is 10.2 Å². The summed E-state index contributed by atoms with van der Waals surface area (Å²) >= 11 is 0. The van der Waals surface area contributed by atoms with Gasteiger partial charge in [-0.3, -0.25) is 9.69 Å². The van der Waals surface area contributed by atoms with Crippen LogP contribution in [0.5, 0.6) is 0 Å². The van der Waals surface area contributed by atoms with Gasteiger partial charge in [0.2, 0.25) is 0 Å². The minimum atomic E-state index is -0.427. The molecule has 0 aliphatic carbocycles. The summed E-state index contributed by atoms with van der Waals surface area (Å²) in [6.45, 7) is 6.61. The normalized spacial score (nSPS) is 32.7. The maximum Gasteiger partial charge on any atom is 0.326 e. The molecule has 2 aliphatic rings. The molecule has 0 bridgehead atoms. The van der Waals surface area contributed by atoms with E-state index in [2.05, 4.69) is 24.1 Å². The number of hydrogen-bond donors (Lipinski definition) is 1. The summed E-state index contributed by atoms with van der Waals surface area (Å²) in [5.41, 5.74) is -0.427. The molecule has 2 fully saturated rings. The predicted molar refractivity (Wildman–Crippen MR) is 76.1 cm³/mol. The fourth-order valence-corrected chi connectivity index (χ4v) is 3.76. The van der Waals surface area contributed by atoms with E-state index in [0.29, 0.717) is 12.1 Å². The van der Waals surface area contributed by atoms with Gasteiger partial charge in [-0.2, -0.15) is 0 Å². The minimum absolute atomic E-state index is 0.0701. The number of carbonyl (C=O) groups excluding carboxylic acids is 1. The minimum Gasteiger partial charge on any atom is -0.468 e. The van der Waals surface area contributed by atoms with Gasteiger partial charge in [0, 0.05) is 12.1 Å². The molecule has 4 heteroatoms. The van der Waals surface area contributed by atoms with Crippen molar-refractivity contribution >= 4 is 5.97 Å². The van der Waals surface area contributed by atoms with E-state index in [1.807, 2.05) is 0 Å². The van der Waals surface area contributed by atoms with Crippen LogP contribution in [0.2, 0.25) is 0 Å². The number of hydrogen-bond acceptors (Lipinski definition) is 4. The predicted octanol–water partition coefficient (Wildman–Crippen LogP) is 1.93. The Morgan fingerprint density at radius 2 is 2.21 bits per heavy atom. The van der Waals surface area contributed by atoms with Gasteiger partial charge in [0.25, 0.3) is 0 Å². The van der Waals surface area contributed by atoms with E-state index in [0.717, 1.165) is 25.8 Å². The average Bonchev–Trinajstić information content (AvgIpc) is 2.88. The molecule has 0 aromatic heterocycles. The van der Waals surface area contributed by atoms with Crippen molar-refractivity contribution < 1.29 is 9.53 Å². The fraction of sp³-hybridized carbons (Fsp3) is 0.933. The van der Waals surface area contributed by atoms with Crippen LogP contribution in [0.4, 0.5) is 0 Å². The quantitative estimate of drug-likeness (QED) is 0.791. The van der Waals surface area contributed by atoms with Crippen LogP contribution in [0, 0.1) is 0 Å². The third-order valence-electron chi connectivity index (χ3n) is 4.74. The van der Waals surface area contributed by atoms with Crippen LogP contribution in [0.3, 0.4) is 0 Å². The molecule has 0 spiro atoms. The summed E-state index contributed by atoms with van der Waals surface area (Å²) in [6.07, 6.45) is 6.67. The van der Waals surface area contributed by atoms with Gasteiger partial charge in [0.05, 0.1) is 7.11 Å². The highest BCUT2D eigenvalue weighted by Crippen LogP contribution is 2.32. The molecule has 0 aromatic rings. The molecule has 2 aliphatic heterocycles. The summed E-state index contributed by atoms with van der Waals surface area (Å²) in [7, 11) is 1.51. The zero-order chi connectivity index (χ0) is 13.9. The summed E-state index contributed by atoms with van der Waals surface area (Å²) in [4.78, 5) is 14.7. The number of ether oxygens (including phenoxy) is 1. The van der Waals surface area contributed by atoms with E-state index in [1.165, 1.54) is 32.9 Å². The second-order valence-electron chi connectivity index (χ2n) is 6.29. The van der Waals surface area contributed by atoms with Crippen molar-refractivity contribution in [2.24, 2.45) is 0 Å². The van der Waals surface area contributed by atoms with Crippen LogP contribution in [0.1, 0.15) is 52.4 Å². The first-order valence-electron chi connectivity index (χ1n) is 7.68. The van der Waals surface area contributed by atoms with Gasteiger partial charge < -0.3 is 10.1 Å². The number of carbonyl (C=O) groups is 1. The smallest absolute Gasteiger partial charge is 0.326 e. The van der Waals surface area contributed by atoms with Gasteiger partial charge in [-0.25, -0.2) is 0 Å². The average molecular weight is 268 g/mol. The van der Waals surface area contributed by atoms with E-state index in [4.69, 9.17) is 4.74 Å². The van der Waals surface area contributed by atoms with Crippen LogP contribution in [-0.4, -0.2) is 48.7 Å². The van der Waals surface area contributed by atoms with Gasteiger partial charge in [-0.05, 0) is 59.0 Å². The first kappa shape index (κ1) is 14.8. The number of nitrogens with zero attached hydrogens (tertiary/aromatic N) is 1. The van der Waals surface area contributed by atoms with Gasteiger partial charge in [-0.1, -0.05) is 6.42 Å². The van der Waals surface area contributed by atoms with Crippen LogP contribution >= 0.6 is 0 Å². The summed E-state index contributed by atoms with van der Waals surface area (Å²) in [5, 5.41) is 3.43. The Kier molecular flexibility index (Phi) is 4.85. The van der Waals surface area contributed by atoms with Crippen molar-refractivity contribution in [2.75, 3.05) is 20.2 Å². The number of likely N-dealkylation sites (tertiary alicyclic amines) is 1. The molecular formula is C15H28N2O2. The van der Waals surface area contributed by atoms with E-state index in [1.54, 1.807) is 0 Å². The molecule has 2 saturated heterocycles. The zero-order valence-electron chi connectivity index (χ0n) is 12.6. The molecule has 2 heterocycles. The Morgan fingerprint density at radius 1 is 1.42 bits per heavy atom. The highest BCUT2D eigenvalue weighted by atomic mass is 16.5. The number of rotatable bonds is 4. The van der Waals surface area contributed by atoms with Crippen molar-refractivity contribution in [3.05, 3.63) is 0 Å². The van der Waals surface area contributed by atoms with Crippen molar-refractivity contribution in [3.8, 4) is 0 Å². The van der Waals surface area contributed by atoms with Crippen molar-refractivity contribution in [3.63, 3.8) is 0 Å². The van der Waals surface area contributed by atoms with Gasteiger partial charge in [-0.15, -0.1) is 0 Å². The molecule has 0 amide bonds. The van der Waals surface area contributed by atoms with Gasteiger partial charge >= 0.3 is 5.97 Å². The Labute approximate surface area is 116 Å². The molecular weight excluding hydrogens is 240 g/mol. The Bertz CT molecular complexity index is 311. The molecule has 1 N–H and O–H groups in total. The maximum atomic E-state index is 12.2. The lowest BCUT2D eigenvalue weighted by molar-refractivity contribution is -0.149. The van der Waals surface area contributed by atoms with Gasteiger partial charge in [0.15, 0.2) is 0 Å². The summed E-state index contributed by atoms with van der Waals surface area (Å²) in [5.74, 6) is -0.0701. The Hall–Kier alpha value is -0.610. The lowest BCUT2D eigenvalue weighted by atomic mass is 9.84. The first-order valence-corrected chi connectivity index (χ1v) is 7.68. The van der Waals surface area contributed by atoms with Crippen molar-refractivity contribution in [1.29, 1.82) is 0 Å². The maximum absolute atomic E-state index is 12.2. The highest BCUT2D eigenvalue weighted by Gasteiger charge is 2.45. The molecule has 2 unspecified atom stereocenters. The van der Waals surface area contributed by atoms with Crippen LogP contribution in [-0.2, 0) is 9.53 Å². The van der Waals surface area contributed by atoms with Crippen molar-refractivity contribution in [2.45, 2.75) is 70.0 Å². The topological polar surface area (TPSA) is 41.6 Å². The molecule has 0 aromatic carbocycles. The summed E-state index contributed by atoms with van der Waals surface area (Å²) < 4.78 is 5.05. The third kappa shape index (κ3) is 3.11. The number of methoxy groups -OCH3 is 1. The monoisotopic (exact) mass is 268 g/mol. The Morgan fingerprint density at radius 3 is 2.79 bits per heavy atom. The zero-order valence-corrected chi connectivity index (χ0v) is 12.6. The number of piperidine rings is 1. The SMILES string of the molecule is COC(=O)C1(CC2CCCCN2C(C)C)CCCN1. The van der Waals surface area contributed by atoms with E-state index < -0.39 is 5.54 Å². The molecule has 2 atom stereocenters. The van der Waals surface area contributed by atoms with Gasteiger partial charge in [0.1, 0.15) is 5.54 Å². The molecule has 0 radical (unpaired) electrons. The molecule has 0 saturated carbocycles. The fourth-order valence-electron chi connectivity index (χ4n) is 3.76. The Balaban J connectivity index is 2.09.